The lowest BCUT2D eigenvalue weighted by Gasteiger charge is -2.62. The van der Waals surface area contributed by atoms with Gasteiger partial charge in [-0.1, -0.05) is 155 Å². The quantitative estimate of drug-likeness (QED) is 0.0728. The van der Waals surface area contributed by atoms with Crippen LogP contribution in [-0.2, 0) is 9.53 Å². The van der Waals surface area contributed by atoms with Gasteiger partial charge < -0.3 is 4.74 Å². The Morgan fingerprint density at radius 2 is 1.35 bits per heavy atom. The maximum Gasteiger partial charge on any atom is 0.306 e. The lowest BCUT2D eigenvalue weighted by atomic mass is 9.43. The SMILES string of the molecule is CCCCCCCCCCCCCCCCC(=O)O[C@H]1CC[C@]2(C)C3=C(CC[C@H]2C1(C)C)[C@]1(C)CC[C@H]([C@H](C)CCC=C(C)C)[C@@]1(C)CC3. The second kappa shape index (κ2) is 18.1. The van der Waals surface area contributed by atoms with Crippen molar-refractivity contribution < 1.29 is 9.53 Å². The van der Waals surface area contributed by atoms with Crippen LogP contribution in [0, 0.1) is 39.4 Å². The maximum atomic E-state index is 13.1. The standard InChI is InChI=1S/C47H82O2/c1-10-11-12-13-14-15-16-17-18-19-20-21-22-23-27-43(48)49-42-32-33-45(7)39-31-35-46(8)38(37(4)26-24-25-36(2)3)30-34-47(46,9)40(39)28-29-41(45)44(42,5)6/h25,37-38,41-42H,10-24,26-35H2,1-9H3/t37-,38-,41+,42+,45-,46-,47+/m1/s1. The van der Waals surface area contributed by atoms with E-state index in [4.69, 9.17) is 4.74 Å². The molecule has 0 amide bonds. The van der Waals surface area contributed by atoms with Gasteiger partial charge >= 0.3 is 5.97 Å². The van der Waals surface area contributed by atoms with E-state index in [-0.39, 0.29) is 22.9 Å². The van der Waals surface area contributed by atoms with Crippen molar-refractivity contribution in [3.05, 3.63) is 22.8 Å². The first-order valence-electron chi connectivity index (χ1n) is 21.9. The predicted molar refractivity (Wildman–Crippen MR) is 212 cm³/mol. The van der Waals surface area contributed by atoms with Crippen LogP contribution >= 0.6 is 0 Å². The highest BCUT2D eigenvalue weighted by Gasteiger charge is 2.63. The fourth-order valence-corrected chi connectivity index (χ4v) is 12.3. The Hall–Kier alpha value is -1.05. The molecule has 0 N–H and O–H groups in total. The first-order chi connectivity index (χ1) is 23.3. The molecule has 0 heterocycles. The lowest BCUT2D eigenvalue weighted by molar-refractivity contribution is -0.170. The smallest absolute Gasteiger partial charge is 0.306 e. The zero-order chi connectivity index (χ0) is 35.7. The molecule has 2 heteroatoms. The molecule has 2 fully saturated rings. The minimum Gasteiger partial charge on any atom is -0.462 e. The van der Waals surface area contributed by atoms with Gasteiger partial charge in [0.1, 0.15) is 6.10 Å². The molecule has 282 valence electrons. The molecular formula is C47H82O2. The molecule has 0 aromatic carbocycles. The van der Waals surface area contributed by atoms with Gasteiger partial charge in [-0.2, -0.15) is 0 Å². The molecule has 0 aromatic heterocycles. The molecule has 2 nitrogen and oxygen atoms in total. The van der Waals surface area contributed by atoms with E-state index in [1.807, 2.05) is 11.1 Å². The molecule has 0 saturated heterocycles. The van der Waals surface area contributed by atoms with Gasteiger partial charge in [0.15, 0.2) is 0 Å². The monoisotopic (exact) mass is 679 g/mol. The van der Waals surface area contributed by atoms with Crippen LogP contribution < -0.4 is 0 Å². The summed E-state index contributed by atoms with van der Waals surface area (Å²) in [5.41, 5.74) is 6.25. The first kappa shape index (κ1) is 40.7. The average molecular weight is 679 g/mol. The van der Waals surface area contributed by atoms with E-state index in [0.717, 1.165) is 24.7 Å². The van der Waals surface area contributed by atoms with Crippen molar-refractivity contribution in [1.82, 2.24) is 0 Å². The predicted octanol–water partition coefficient (Wildman–Crippen LogP) is 14.9. The zero-order valence-corrected chi connectivity index (χ0v) is 34.4. The van der Waals surface area contributed by atoms with E-state index >= 15 is 0 Å². The number of hydrogen-bond donors (Lipinski definition) is 0. The zero-order valence-electron chi connectivity index (χ0n) is 34.4. The number of carbonyl (C=O) groups excluding carboxylic acids is 1. The Labute approximate surface area is 305 Å². The van der Waals surface area contributed by atoms with Gasteiger partial charge in [-0.05, 0) is 118 Å². The molecule has 0 radical (unpaired) electrons. The number of ether oxygens (including phenoxy) is 1. The Morgan fingerprint density at radius 3 is 1.94 bits per heavy atom. The van der Waals surface area contributed by atoms with Gasteiger partial charge in [0.05, 0.1) is 0 Å². The van der Waals surface area contributed by atoms with Gasteiger partial charge in [0.2, 0.25) is 0 Å². The van der Waals surface area contributed by atoms with E-state index in [2.05, 4.69) is 68.4 Å². The number of carbonyl (C=O) groups is 1. The minimum atomic E-state index is 0.0238. The van der Waals surface area contributed by atoms with Crippen molar-refractivity contribution in [2.45, 2.75) is 229 Å². The summed E-state index contributed by atoms with van der Waals surface area (Å²) in [7, 11) is 0. The lowest BCUT2D eigenvalue weighted by Crippen LogP contribution is -2.55. The summed E-state index contributed by atoms with van der Waals surface area (Å²) in [4.78, 5) is 13.1. The third kappa shape index (κ3) is 9.31. The minimum absolute atomic E-state index is 0.0238. The van der Waals surface area contributed by atoms with Gasteiger partial charge in [-0.25, -0.2) is 0 Å². The van der Waals surface area contributed by atoms with Crippen molar-refractivity contribution in [1.29, 1.82) is 0 Å². The normalized spacial score (nSPS) is 32.6. The molecule has 4 aliphatic carbocycles. The Bertz CT molecular complexity index is 1110. The second-order valence-electron chi connectivity index (χ2n) is 19.4. The molecule has 2 saturated carbocycles. The van der Waals surface area contributed by atoms with Crippen LogP contribution in [0.1, 0.15) is 223 Å². The fourth-order valence-electron chi connectivity index (χ4n) is 12.3. The number of allylic oxidation sites excluding steroid dienone is 4. The molecule has 0 spiro atoms. The molecule has 4 aliphatic rings. The molecule has 7 atom stereocenters. The highest BCUT2D eigenvalue weighted by molar-refractivity contribution is 5.69. The summed E-state index contributed by atoms with van der Waals surface area (Å²) in [6.07, 6.45) is 34.7. The van der Waals surface area contributed by atoms with Gasteiger partial charge in [-0.15, -0.1) is 0 Å². The summed E-state index contributed by atoms with van der Waals surface area (Å²) in [5.74, 6) is 2.30. The molecule has 4 rings (SSSR count). The Morgan fingerprint density at radius 1 is 0.755 bits per heavy atom. The fraction of sp³-hybridized carbons (Fsp3) is 0.894. The third-order valence-electron chi connectivity index (χ3n) is 15.6. The molecule has 0 aliphatic heterocycles. The summed E-state index contributed by atoms with van der Waals surface area (Å²) >= 11 is 0. The average Bonchev–Trinajstić information content (AvgIpc) is 3.33. The van der Waals surface area contributed by atoms with Gasteiger partial charge in [0.25, 0.3) is 0 Å². The van der Waals surface area contributed by atoms with Crippen LogP contribution in [-0.4, -0.2) is 12.1 Å². The van der Waals surface area contributed by atoms with Crippen molar-refractivity contribution in [3.63, 3.8) is 0 Å². The first-order valence-corrected chi connectivity index (χ1v) is 21.9. The van der Waals surface area contributed by atoms with Crippen LogP contribution in [0.15, 0.2) is 22.8 Å². The summed E-state index contributed by atoms with van der Waals surface area (Å²) in [6.45, 7) is 22.2. The van der Waals surface area contributed by atoms with E-state index in [0.29, 0.717) is 23.2 Å². The van der Waals surface area contributed by atoms with Crippen molar-refractivity contribution >= 4 is 5.97 Å². The van der Waals surface area contributed by atoms with Crippen molar-refractivity contribution in [2.24, 2.45) is 39.4 Å². The maximum absolute atomic E-state index is 13.1. The number of unbranched alkanes of at least 4 members (excludes halogenated alkanes) is 13. The Balaban J connectivity index is 1.23. The topological polar surface area (TPSA) is 26.3 Å². The number of hydrogen-bond acceptors (Lipinski definition) is 2. The summed E-state index contributed by atoms with van der Waals surface area (Å²) in [5, 5.41) is 0. The van der Waals surface area contributed by atoms with E-state index < -0.39 is 0 Å². The highest BCUT2D eigenvalue weighted by Crippen LogP contribution is 2.72. The van der Waals surface area contributed by atoms with Crippen LogP contribution in [0.5, 0.6) is 0 Å². The van der Waals surface area contributed by atoms with Crippen LogP contribution in [0.4, 0.5) is 0 Å². The summed E-state index contributed by atoms with van der Waals surface area (Å²) < 4.78 is 6.38. The molecular weight excluding hydrogens is 597 g/mol. The third-order valence-corrected chi connectivity index (χ3v) is 15.6. The van der Waals surface area contributed by atoms with Crippen LogP contribution in [0.25, 0.3) is 0 Å². The largest absolute Gasteiger partial charge is 0.462 e. The van der Waals surface area contributed by atoms with E-state index in [1.54, 1.807) is 0 Å². The number of esters is 1. The highest BCUT2D eigenvalue weighted by atomic mass is 16.5. The Kier molecular flexibility index (Phi) is 15.1. The second-order valence-corrected chi connectivity index (χ2v) is 19.4. The van der Waals surface area contributed by atoms with Gasteiger partial charge in [0, 0.05) is 11.8 Å². The van der Waals surface area contributed by atoms with E-state index in [1.165, 1.54) is 147 Å². The van der Waals surface area contributed by atoms with Crippen molar-refractivity contribution in [3.8, 4) is 0 Å². The van der Waals surface area contributed by atoms with Crippen LogP contribution in [0.2, 0.25) is 0 Å². The van der Waals surface area contributed by atoms with Gasteiger partial charge in [-0.3, -0.25) is 4.79 Å². The molecule has 0 unspecified atom stereocenters. The van der Waals surface area contributed by atoms with Crippen LogP contribution in [0.3, 0.4) is 0 Å². The molecule has 0 aromatic rings. The van der Waals surface area contributed by atoms with Crippen molar-refractivity contribution in [2.75, 3.05) is 0 Å². The molecule has 0 bridgehead atoms. The molecule has 49 heavy (non-hydrogen) atoms. The number of fused-ring (bicyclic) bond motifs is 4. The van der Waals surface area contributed by atoms with E-state index in [9.17, 15) is 4.79 Å². The number of rotatable bonds is 20. The summed E-state index contributed by atoms with van der Waals surface area (Å²) in [6, 6.07) is 0.